The quantitative estimate of drug-likeness (QED) is 0.321. The minimum atomic E-state index is -0.296. The summed E-state index contributed by atoms with van der Waals surface area (Å²) < 4.78 is 19.9. The summed E-state index contributed by atoms with van der Waals surface area (Å²) in [6.45, 7) is 9.19. The van der Waals surface area contributed by atoms with Crippen LogP contribution in [0.4, 0.5) is 4.39 Å². The van der Waals surface area contributed by atoms with E-state index < -0.39 is 0 Å². The highest BCUT2D eigenvalue weighted by molar-refractivity contribution is 14.0. The maximum atomic E-state index is 14.3. The first-order chi connectivity index (χ1) is 13.1. The van der Waals surface area contributed by atoms with Crippen LogP contribution in [0.25, 0.3) is 0 Å². The summed E-state index contributed by atoms with van der Waals surface area (Å²) in [6, 6.07) is 5.17. The van der Waals surface area contributed by atoms with E-state index in [9.17, 15) is 4.39 Å². The maximum Gasteiger partial charge on any atom is 0.191 e. The van der Waals surface area contributed by atoms with Gasteiger partial charge in [-0.25, -0.2) is 4.39 Å². The Labute approximate surface area is 185 Å². The molecule has 0 amide bonds. The highest BCUT2D eigenvalue weighted by atomic mass is 127. The number of hydrogen-bond donors (Lipinski definition) is 2. The van der Waals surface area contributed by atoms with Gasteiger partial charge in [0.05, 0.1) is 12.6 Å². The minimum absolute atomic E-state index is 0. The van der Waals surface area contributed by atoms with Crippen molar-refractivity contribution in [1.82, 2.24) is 15.5 Å². The van der Waals surface area contributed by atoms with Crippen LogP contribution in [0.1, 0.15) is 44.7 Å². The third-order valence-corrected chi connectivity index (χ3v) is 5.58. The molecular formula is C21H34FIN4O. The third kappa shape index (κ3) is 6.76. The van der Waals surface area contributed by atoms with E-state index in [1.54, 1.807) is 19.2 Å². The molecule has 7 heteroatoms. The predicted octanol–water partition coefficient (Wildman–Crippen LogP) is 3.80. The van der Waals surface area contributed by atoms with Gasteiger partial charge >= 0.3 is 0 Å². The molecule has 1 saturated heterocycles. The van der Waals surface area contributed by atoms with Gasteiger partial charge in [0.25, 0.3) is 0 Å². The summed E-state index contributed by atoms with van der Waals surface area (Å²) in [5, 5.41) is 6.77. The summed E-state index contributed by atoms with van der Waals surface area (Å²) in [5.74, 6) is 2.08. The fourth-order valence-corrected chi connectivity index (χ4v) is 3.49. The molecule has 2 N–H and O–H groups in total. The van der Waals surface area contributed by atoms with Gasteiger partial charge in [-0.2, -0.15) is 0 Å². The van der Waals surface area contributed by atoms with Crippen LogP contribution in [-0.4, -0.2) is 50.7 Å². The molecule has 2 atom stereocenters. The van der Waals surface area contributed by atoms with Gasteiger partial charge in [0.15, 0.2) is 17.5 Å². The first-order valence-electron chi connectivity index (χ1n) is 10.2. The van der Waals surface area contributed by atoms with Crippen LogP contribution in [0, 0.1) is 17.7 Å². The first-order valence-corrected chi connectivity index (χ1v) is 10.2. The van der Waals surface area contributed by atoms with E-state index in [4.69, 9.17) is 4.74 Å². The van der Waals surface area contributed by atoms with Crippen LogP contribution < -0.4 is 15.4 Å². The van der Waals surface area contributed by atoms with Crippen molar-refractivity contribution in [3.8, 4) is 5.75 Å². The van der Waals surface area contributed by atoms with Crippen molar-refractivity contribution in [2.45, 2.75) is 39.2 Å². The van der Waals surface area contributed by atoms with E-state index in [2.05, 4.69) is 27.4 Å². The van der Waals surface area contributed by atoms with Crippen LogP contribution in [-0.2, 0) is 0 Å². The molecule has 0 bridgehead atoms. The van der Waals surface area contributed by atoms with Crippen molar-refractivity contribution < 1.29 is 9.13 Å². The maximum absolute atomic E-state index is 14.3. The standard InChI is InChI=1S/C21H33FN4O.HI/c1-4-26-10-9-17(13-26)12-24-21(23-3)25-15(2)18-7-8-20(19(22)11-18)27-14-16-5-6-16;/h7-8,11,15-17H,4-6,9-10,12-14H2,1-3H3,(H2,23,24,25);1H. The van der Waals surface area contributed by atoms with Gasteiger partial charge in [-0.3, -0.25) is 4.99 Å². The summed E-state index contributed by atoms with van der Waals surface area (Å²) in [7, 11) is 1.77. The number of halogens is 2. The van der Waals surface area contributed by atoms with Gasteiger partial charge in [0.1, 0.15) is 0 Å². The van der Waals surface area contributed by atoms with Gasteiger partial charge < -0.3 is 20.3 Å². The zero-order valence-electron chi connectivity index (χ0n) is 17.2. The van der Waals surface area contributed by atoms with Crippen LogP contribution in [0.15, 0.2) is 23.2 Å². The van der Waals surface area contributed by atoms with Crippen molar-refractivity contribution in [3.63, 3.8) is 0 Å². The summed E-state index contributed by atoms with van der Waals surface area (Å²) in [6.07, 6.45) is 3.62. The minimum Gasteiger partial charge on any atom is -0.490 e. The lowest BCUT2D eigenvalue weighted by atomic mass is 10.1. The molecule has 0 radical (unpaired) electrons. The Morgan fingerprint density at radius 1 is 1.32 bits per heavy atom. The van der Waals surface area contributed by atoms with Crippen molar-refractivity contribution in [1.29, 1.82) is 0 Å². The lowest BCUT2D eigenvalue weighted by Crippen LogP contribution is -2.41. The van der Waals surface area contributed by atoms with Gasteiger partial charge in [0, 0.05) is 20.1 Å². The van der Waals surface area contributed by atoms with E-state index in [0.717, 1.165) is 31.2 Å². The molecule has 1 saturated carbocycles. The Morgan fingerprint density at radius 3 is 2.71 bits per heavy atom. The summed E-state index contributed by atoms with van der Waals surface area (Å²) in [5.41, 5.74) is 0.882. The van der Waals surface area contributed by atoms with E-state index in [1.165, 1.54) is 25.8 Å². The molecule has 5 nitrogen and oxygen atoms in total. The lowest BCUT2D eigenvalue weighted by Gasteiger charge is -2.20. The number of nitrogens with zero attached hydrogens (tertiary/aromatic N) is 2. The average molecular weight is 504 g/mol. The number of hydrogen-bond acceptors (Lipinski definition) is 3. The molecule has 1 heterocycles. The molecule has 3 rings (SSSR count). The second-order valence-electron chi connectivity index (χ2n) is 7.81. The molecule has 2 fully saturated rings. The van der Waals surface area contributed by atoms with E-state index in [-0.39, 0.29) is 35.8 Å². The van der Waals surface area contributed by atoms with E-state index >= 15 is 0 Å². The molecule has 1 aliphatic heterocycles. The van der Waals surface area contributed by atoms with Gasteiger partial charge in [0.2, 0.25) is 0 Å². The monoisotopic (exact) mass is 504 g/mol. The Balaban J connectivity index is 0.00000280. The number of rotatable bonds is 8. The van der Waals surface area contributed by atoms with Crippen LogP contribution in [0.3, 0.4) is 0 Å². The predicted molar refractivity (Wildman–Crippen MR) is 123 cm³/mol. The average Bonchev–Trinajstić information content (AvgIpc) is 3.39. The molecule has 158 valence electrons. The Kier molecular flexibility index (Phi) is 9.27. The number of guanidine groups is 1. The fourth-order valence-electron chi connectivity index (χ4n) is 3.49. The van der Waals surface area contributed by atoms with E-state index in [1.807, 2.05) is 13.0 Å². The van der Waals surface area contributed by atoms with Crippen LogP contribution >= 0.6 is 24.0 Å². The first kappa shape index (κ1) is 23.2. The molecule has 1 aromatic rings. The Bertz CT molecular complexity index is 653. The molecule has 0 aromatic heterocycles. The second-order valence-corrected chi connectivity index (χ2v) is 7.81. The lowest BCUT2D eigenvalue weighted by molar-refractivity contribution is 0.285. The number of aliphatic imine (C=N–C) groups is 1. The molecule has 28 heavy (non-hydrogen) atoms. The highest BCUT2D eigenvalue weighted by Gasteiger charge is 2.23. The topological polar surface area (TPSA) is 48.9 Å². The van der Waals surface area contributed by atoms with Crippen LogP contribution in [0.5, 0.6) is 5.75 Å². The largest absolute Gasteiger partial charge is 0.490 e. The zero-order chi connectivity index (χ0) is 19.2. The Morgan fingerprint density at radius 2 is 2.11 bits per heavy atom. The van der Waals surface area contributed by atoms with Crippen molar-refractivity contribution in [2.75, 3.05) is 39.8 Å². The smallest absolute Gasteiger partial charge is 0.191 e. The van der Waals surface area contributed by atoms with Crippen molar-refractivity contribution >= 4 is 29.9 Å². The highest BCUT2D eigenvalue weighted by Crippen LogP contribution is 2.30. The van der Waals surface area contributed by atoms with Crippen LogP contribution in [0.2, 0.25) is 0 Å². The zero-order valence-corrected chi connectivity index (χ0v) is 19.5. The molecule has 2 aliphatic rings. The summed E-state index contributed by atoms with van der Waals surface area (Å²) in [4.78, 5) is 6.78. The van der Waals surface area contributed by atoms with E-state index in [0.29, 0.717) is 24.2 Å². The van der Waals surface area contributed by atoms with Gasteiger partial charge in [-0.05, 0) is 68.8 Å². The molecular weight excluding hydrogens is 470 g/mol. The molecule has 1 aliphatic carbocycles. The molecule has 0 spiro atoms. The van der Waals surface area contributed by atoms with Gasteiger partial charge in [-0.15, -0.1) is 24.0 Å². The molecule has 2 unspecified atom stereocenters. The Hall–Kier alpha value is -1.09. The fraction of sp³-hybridized carbons (Fsp3) is 0.667. The van der Waals surface area contributed by atoms with Gasteiger partial charge in [-0.1, -0.05) is 13.0 Å². The number of nitrogens with one attached hydrogen (secondary N) is 2. The number of benzene rings is 1. The summed E-state index contributed by atoms with van der Waals surface area (Å²) >= 11 is 0. The number of ether oxygens (including phenoxy) is 1. The van der Waals surface area contributed by atoms with Crippen molar-refractivity contribution in [3.05, 3.63) is 29.6 Å². The SMILES string of the molecule is CCN1CCC(CNC(=NC)NC(C)c2ccc(OCC3CC3)c(F)c2)C1.I. The third-order valence-electron chi connectivity index (χ3n) is 5.58. The number of likely N-dealkylation sites (tertiary alicyclic amines) is 1. The van der Waals surface area contributed by atoms with Crippen molar-refractivity contribution in [2.24, 2.45) is 16.8 Å². The molecule has 1 aromatic carbocycles. The normalized spacial score (nSPS) is 21.1. The second kappa shape index (κ2) is 11.2.